The highest BCUT2D eigenvalue weighted by molar-refractivity contribution is 14.1. The number of aromatic nitrogens is 4. The van der Waals surface area contributed by atoms with Crippen molar-refractivity contribution >= 4 is 33.8 Å². The standard InChI is InChI=1S/C11H7IN4/c12-8-3-5-9(6-4-8)16-11-10(14-15-16)2-1-7-13-11/h1-7H. The van der Waals surface area contributed by atoms with E-state index in [4.69, 9.17) is 0 Å². The molecule has 2 aromatic heterocycles. The third-order valence-corrected chi connectivity index (χ3v) is 3.00. The lowest BCUT2D eigenvalue weighted by molar-refractivity contribution is 0.817. The van der Waals surface area contributed by atoms with Gasteiger partial charge in [0, 0.05) is 9.77 Å². The second kappa shape index (κ2) is 3.82. The Kier molecular flexibility index (Phi) is 2.32. The van der Waals surface area contributed by atoms with Crippen LogP contribution in [-0.2, 0) is 0 Å². The summed E-state index contributed by atoms with van der Waals surface area (Å²) >= 11 is 2.27. The Morgan fingerprint density at radius 1 is 1.06 bits per heavy atom. The van der Waals surface area contributed by atoms with Crippen molar-refractivity contribution < 1.29 is 0 Å². The highest BCUT2D eigenvalue weighted by Crippen LogP contribution is 2.14. The predicted molar refractivity (Wildman–Crippen MR) is 69.4 cm³/mol. The van der Waals surface area contributed by atoms with E-state index in [0.717, 1.165) is 16.9 Å². The van der Waals surface area contributed by atoms with E-state index in [1.54, 1.807) is 10.9 Å². The summed E-state index contributed by atoms with van der Waals surface area (Å²) in [6.45, 7) is 0. The first kappa shape index (κ1) is 9.71. The lowest BCUT2D eigenvalue weighted by atomic mass is 10.3. The lowest BCUT2D eigenvalue weighted by Crippen LogP contribution is -1.97. The van der Waals surface area contributed by atoms with Gasteiger partial charge in [-0.25, -0.2) is 4.98 Å². The smallest absolute Gasteiger partial charge is 0.183 e. The molecule has 0 atom stereocenters. The van der Waals surface area contributed by atoms with Crippen molar-refractivity contribution in [3.05, 3.63) is 46.2 Å². The molecule has 3 rings (SSSR count). The van der Waals surface area contributed by atoms with Crippen molar-refractivity contribution in [1.29, 1.82) is 0 Å². The van der Waals surface area contributed by atoms with Crippen LogP contribution in [0.2, 0.25) is 0 Å². The van der Waals surface area contributed by atoms with Gasteiger partial charge in [0.1, 0.15) is 5.52 Å². The maximum Gasteiger partial charge on any atom is 0.183 e. The quantitative estimate of drug-likeness (QED) is 0.646. The summed E-state index contributed by atoms with van der Waals surface area (Å²) in [6, 6.07) is 11.8. The van der Waals surface area contributed by atoms with E-state index in [-0.39, 0.29) is 0 Å². The predicted octanol–water partition coefficient (Wildman–Crippen LogP) is 2.42. The zero-order valence-electron chi connectivity index (χ0n) is 8.21. The first-order valence-corrected chi connectivity index (χ1v) is 5.85. The number of benzene rings is 1. The molecule has 0 amide bonds. The minimum absolute atomic E-state index is 0.781. The molecule has 3 aromatic rings. The van der Waals surface area contributed by atoms with Crippen molar-refractivity contribution in [3.8, 4) is 5.69 Å². The molecule has 0 bridgehead atoms. The summed E-state index contributed by atoms with van der Waals surface area (Å²) in [5, 5.41) is 8.16. The van der Waals surface area contributed by atoms with Crippen molar-refractivity contribution in [2.24, 2.45) is 0 Å². The van der Waals surface area contributed by atoms with E-state index in [1.165, 1.54) is 3.57 Å². The number of fused-ring (bicyclic) bond motifs is 1. The second-order valence-electron chi connectivity index (χ2n) is 3.32. The summed E-state index contributed by atoms with van der Waals surface area (Å²) in [5.74, 6) is 0. The number of rotatable bonds is 1. The third-order valence-electron chi connectivity index (χ3n) is 2.28. The molecule has 16 heavy (non-hydrogen) atoms. The van der Waals surface area contributed by atoms with E-state index in [2.05, 4.69) is 37.9 Å². The Hall–Kier alpha value is -1.50. The van der Waals surface area contributed by atoms with Crippen molar-refractivity contribution in [3.63, 3.8) is 0 Å². The van der Waals surface area contributed by atoms with Crippen LogP contribution in [0.25, 0.3) is 16.9 Å². The molecule has 0 unspecified atom stereocenters. The molecule has 1 aromatic carbocycles. The zero-order chi connectivity index (χ0) is 11.0. The van der Waals surface area contributed by atoms with Crippen molar-refractivity contribution in [2.45, 2.75) is 0 Å². The molecule has 0 aliphatic carbocycles. The van der Waals surface area contributed by atoms with Crippen LogP contribution in [0.15, 0.2) is 42.6 Å². The maximum atomic E-state index is 4.28. The average molecular weight is 322 g/mol. The van der Waals surface area contributed by atoms with E-state index in [9.17, 15) is 0 Å². The Morgan fingerprint density at radius 2 is 1.88 bits per heavy atom. The molecule has 4 nitrogen and oxygen atoms in total. The monoisotopic (exact) mass is 322 g/mol. The zero-order valence-corrected chi connectivity index (χ0v) is 10.4. The van der Waals surface area contributed by atoms with Gasteiger partial charge in [0.25, 0.3) is 0 Å². The van der Waals surface area contributed by atoms with Gasteiger partial charge in [-0.3, -0.25) is 0 Å². The molecule has 0 aliphatic heterocycles. The minimum atomic E-state index is 0.781. The van der Waals surface area contributed by atoms with Gasteiger partial charge in [0.05, 0.1) is 5.69 Å². The summed E-state index contributed by atoms with van der Waals surface area (Å²) in [6.07, 6.45) is 1.74. The summed E-state index contributed by atoms with van der Waals surface area (Å²) < 4.78 is 2.93. The van der Waals surface area contributed by atoms with Crippen LogP contribution in [0.3, 0.4) is 0 Å². The van der Waals surface area contributed by atoms with Crippen LogP contribution in [-0.4, -0.2) is 20.0 Å². The molecule has 5 heteroatoms. The number of pyridine rings is 1. The number of halogens is 1. The number of hydrogen-bond acceptors (Lipinski definition) is 3. The molecule has 0 spiro atoms. The lowest BCUT2D eigenvalue weighted by Gasteiger charge is -2.00. The summed E-state index contributed by atoms with van der Waals surface area (Å²) in [7, 11) is 0. The molecule has 0 saturated carbocycles. The van der Waals surface area contributed by atoms with E-state index < -0.39 is 0 Å². The topological polar surface area (TPSA) is 43.6 Å². The second-order valence-corrected chi connectivity index (χ2v) is 4.57. The highest BCUT2D eigenvalue weighted by atomic mass is 127. The van der Waals surface area contributed by atoms with Crippen LogP contribution in [0.1, 0.15) is 0 Å². The van der Waals surface area contributed by atoms with Crippen LogP contribution in [0.4, 0.5) is 0 Å². The molecule has 2 heterocycles. The molecular formula is C11H7IN4. The maximum absolute atomic E-state index is 4.28. The van der Waals surface area contributed by atoms with Gasteiger partial charge in [-0.2, -0.15) is 4.68 Å². The molecular weight excluding hydrogens is 315 g/mol. The Bertz CT molecular complexity index is 630. The van der Waals surface area contributed by atoms with Crippen LogP contribution >= 0.6 is 22.6 Å². The molecule has 0 N–H and O–H groups in total. The summed E-state index contributed by atoms with van der Waals surface area (Å²) in [4.78, 5) is 4.28. The van der Waals surface area contributed by atoms with Gasteiger partial charge in [0.2, 0.25) is 0 Å². The fourth-order valence-electron chi connectivity index (χ4n) is 1.52. The average Bonchev–Trinajstić information content (AvgIpc) is 2.74. The van der Waals surface area contributed by atoms with Crippen LogP contribution < -0.4 is 0 Å². The number of hydrogen-bond donors (Lipinski definition) is 0. The van der Waals surface area contributed by atoms with Gasteiger partial charge in [-0.05, 0) is 59.0 Å². The third kappa shape index (κ3) is 1.57. The van der Waals surface area contributed by atoms with Gasteiger partial charge < -0.3 is 0 Å². The highest BCUT2D eigenvalue weighted by Gasteiger charge is 2.06. The van der Waals surface area contributed by atoms with Gasteiger partial charge >= 0.3 is 0 Å². The molecule has 78 valence electrons. The van der Waals surface area contributed by atoms with Gasteiger partial charge in [0.15, 0.2) is 5.65 Å². The fourth-order valence-corrected chi connectivity index (χ4v) is 1.88. The molecule has 0 fully saturated rings. The minimum Gasteiger partial charge on any atom is -0.235 e. The SMILES string of the molecule is Ic1ccc(-n2nnc3cccnc32)cc1. The van der Waals surface area contributed by atoms with E-state index >= 15 is 0 Å². The Labute approximate surface area is 105 Å². The van der Waals surface area contributed by atoms with Gasteiger partial charge in [-0.1, -0.05) is 5.21 Å². The van der Waals surface area contributed by atoms with E-state index in [1.807, 2.05) is 36.4 Å². The molecule has 0 saturated heterocycles. The first-order chi connectivity index (χ1) is 7.84. The molecule has 0 radical (unpaired) electrons. The van der Waals surface area contributed by atoms with Crippen molar-refractivity contribution in [2.75, 3.05) is 0 Å². The molecule has 0 aliphatic rings. The summed E-state index contributed by atoms with van der Waals surface area (Å²) in [5.41, 5.74) is 2.56. The Morgan fingerprint density at radius 3 is 2.69 bits per heavy atom. The first-order valence-electron chi connectivity index (χ1n) is 4.77. The fraction of sp³-hybridized carbons (Fsp3) is 0. The van der Waals surface area contributed by atoms with Gasteiger partial charge in [-0.15, -0.1) is 5.10 Å². The Balaban J connectivity index is 2.22. The number of nitrogens with zero attached hydrogens (tertiary/aromatic N) is 4. The van der Waals surface area contributed by atoms with E-state index in [0.29, 0.717) is 0 Å². The van der Waals surface area contributed by atoms with Crippen LogP contribution in [0.5, 0.6) is 0 Å². The normalized spacial score (nSPS) is 10.8. The van der Waals surface area contributed by atoms with Crippen molar-refractivity contribution in [1.82, 2.24) is 20.0 Å². The largest absolute Gasteiger partial charge is 0.235 e. The van der Waals surface area contributed by atoms with Crippen LogP contribution in [0, 0.1) is 3.57 Å².